The average Bonchev–Trinajstić information content (AvgIpc) is 2.90. The van der Waals surface area contributed by atoms with E-state index < -0.39 is 0 Å². The highest BCUT2D eigenvalue weighted by atomic mass is 35.5. The molecule has 0 unspecified atom stereocenters. The highest BCUT2D eigenvalue weighted by Gasteiger charge is 2.31. The van der Waals surface area contributed by atoms with Crippen molar-refractivity contribution >= 4 is 56.5 Å². The van der Waals surface area contributed by atoms with Crippen molar-refractivity contribution in [2.75, 3.05) is 19.7 Å². The number of fused-ring (bicyclic) bond motifs is 1. The largest absolute Gasteiger partial charge is 0.466 e. The molecule has 1 aromatic carbocycles. The van der Waals surface area contributed by atoms with Gasteiger partial charge in [0.25, 0.3) is 5.91 Å². The van der Waals surface area contributed by atoms with Crippen molar-refractivity contribution in [3.63, 3.8) is 0 Å². The Kier molecular flexibility index (Phi) is 5.33. The molecule has 1 aliphatic heterocycles. The molecule has 1 saturated heterocycles. The molecule has 0 N–H and O–H groups in total. The van der Waals surface area contributed by atoms with E-state index in [-0.39, 0.29) is 17.8 Å². The SMILES string of the molecule is CCOC(=O)[C@H]1CCCN(C(=O)c2sc3cc(Cl)ccc3c2Cl)C1. The highest BCUT2D eigenvalue weighted by molar-refractivity contribution is 7.21. The third kappa shape index (κ3) is 3.39. The summed E-state index contributed by atoms with van der Waals surface area (Å²) in [5.41, 5.74) is 0. The smallest absolute Gasteiger partial charge is 0.310 e. The molecule has 1 atom stereocenters. The number of rotatable bonds is 3. The molecule has 24 heavy (non-hydrogen) atoms. The number of hydrogen-bond acceptors (Lipinski definition) is 4. The molecule has 0 radical (unpaired) electrons. The highest BCUT2D eigenvalue weighted by Crippen LogP contribution is 2.37. The van der Waals surface area contributed by atoms with E-state index in [4.69, 9.17) is 27.9 Å². The van der Waals surface area contributed by atoms with Crippen molar-refractivity contribution in [3.05, 3.63) is 33.1 Å². The van der Waals surface area contributed by atoms with Crippen LogP contribution in [0.2, 0.25) is 10.0 Å². The number of carbonyl (C=O) groups is 2. The Balaban J connectivity index is 1.83. The number of piperidine rings is 1. The maximum absolute atomic E-state index is 12.9. The monoisotopic (exact) mass is 385 g/mol. The zero-order valence-corrected chi connectivity index (χ0v) is 15.5. The van der Waals surface area contributed by atoms with Gasteiger partial charge in [-0.05, 0) is 31.9 Å². The van der Waals surface area contributed by atoms with Gasteiger partial charge in [-0.2, -0.15) is 0 Å². The molecule has 1 aliphatic rings. The number of hydrogen-bond donors (Lipinski definition) is 0. The van der Waals surface area contributed by atoms with Crippen LogP contribution in [0.1, 0.15) is 29.4 Å². The summed E-state index contributed by atoms with van der Waals surface area (Å²) in [6.45, 7) is 3.14. The molecule has 1 fully saturated rings. The normalized spacial score (nSPS) is 18.0. The van der Waals surface area contributed by atoms with Crippen LogP contribution in [0.5, 0.6) is 0 Å². The summed E-state index contributed by atoms with van der Waals surface area (Å²) in [4.78, 5) is 27.0. The van der Waals surface area contributed by atoms with Crippen LogP contribution in [0.4, 0.5) is 0 Å². The lowest BCUT2D eigenvalue weighted by Gasteiger charge is -2.31. The van der Waals surface area contributed by atoms with Gasteiger partial charge in [-0.3, -0.25) is 9.59 Å². The lowest BCUT2D eigenvalue weighted by Crippen LogP contribution is -2.42. The summed E-state index contributed by atoms with van der Waals surface area (Å²) < 4.78 is 5.97. The van der Waals surface area contributed by atoms with Crippen LogP contribution in [0.3, 0.4) is 0 Å². The maximum atomic E-state index is 12.9. The van der Waals surface area contributed by atoms with Crippen LogP contribution in [-0.2, 0) is 9.53 Å². The minimum Gasteiger partial charge on any atom is -0.466 e. The van der Waals surface area contributed by atoms with Crippen molar-refractivity contribution in [1.29, 1.82) is 0 Å². The first-order valence-corrected chi connectivity index (χ1v) is 9.42. The number of carbonyl (C=O) groups excluding carboxylic acids is 2. The Morgan fingerprint density at radius 1 is 1.38 bits per heavy atom. The van der Waals surface area contributed by atoms with E-state index in [0.717, 1.165) is 22.9 Å². The topological polar surface area (TPSA) is 46.6 Å². The van der Waals surface area contributed by atoms with Gasteiger partial charge in [-0.1, -0.05) is 29.3 Å². The molecule has 2 heterocycles. The zero-order valence-electron chi connectivity index (χ0n) is 13.2. The summed E-state index contributed by atoms with van der Waals surface area (Å²) in [6.07, 6.45) is 1.53. The Hall–Kier alpha value is -1.30. The van der Waals surface area contributed by atoms with Crippen LogP contribution in [0.15, 0.2) is 18.2 Å². The van der Waals surface area contributed by atoms with Crippen molar-refractivity contribution in [1.82, 2.24) is 4.90 Å². The number of esters is 1. The van der Waals surface area contributed by atoms with Crippen molar-refractivity contribution in [2.45, 2.75) is 19.8 Å². The fourth-order valence-corrected chi connectivity index (χ4v) is 4.69. The third-order valence-electron chi connectivity index (χ3n) is 4.11. The van der Waals surface area contributed by atoms with Gasteiger partial charge >= 0.3 is 5.97 Å². The standard InChI is InChI=1S/C17H17Cl2NO3S/c1-2-23-17(22)10-4-3-7-20(9-10)16(21)15-14(19)12-6-5-11(18)8-13(12)24-15/h5-6,8,10H,2-4,7,9H2,1H3/t10-/m0/s1. The van der Waals surface area contributed by atoms with E-state index in [0.29, 0.717) is 34.6 Å². The molecule has 0 aliphatic carbocycles. The molecular weight excluding hydrogens is 369 g/mol. The molecule has 1 amide bonds. The van der Waals surface area contributed by atoms with Crippen LogP contribution in [-0.4, -0.2) is 36.5 Å². The molecule has 2 aromatic rings. The zero-order chi connectivity index (χ0) is 17.3. The Bertz CT molecular complexity index is 789. The van der Waals surface area contributed by atoms with Crippen LogP contribution in [0, 0.1) is 5.92 Å². The summed E-state index contributed by atoms with van der Waals surface area (Å²) in [5.74, 6) is -0.624. The first-order valence-electron chi connectivity index (χ1n) is 7.84. The van der Waals surface area contributed by atoms with Gasteiger partial charge in [-0.25, -0.2) is 0 Å². The van der Waals surface area contributed by atoms with Crippen molar-refractivity contribution in [2.24, 2.45) is 5.92 Å². The molecule has 3 rings (SSSR count). The molecule has 0 spiro atoms. The van der Waals surface area contributed by atoms with Crippen molar-refractivity contribution in [3.8, 4) is 0 Å². The molecular formula is C17H17Cl2NO3S. The van der Waals surface area contributed by atoms with Gasteiger partial charge in [-0.15, -0.1) is 11.3 Å². The van der Waals surface area contributed by atoms with Crippen LogP contribution < -0.4 is 0 Å². The molecule has 0 bridgehead atoms. The average molecular weight is 386 g/mol. The second kappa shape index (κ2) is 7.30. The van der Waals surface area contributed by atoms with E-state index >= 15 is 0 Å². The summed E-state index contributed by atoms with van der Waals surface area (Å²) >= 11 is 13.7. The second-order valence-corrected chi connectivity index (χ2v) is 7.59. The predicted molar refractivity (Wildman–Crippen MR) is 97.1 cm³/mol. The fourth-order valence-electron chi connectivity index (χ4n) is 2.93. The third-order valence-corrected chi connectivity index (χ3v) is 5.99. The van der Waals surface area contributed by atoms with Gasteiger partial charge in [0.2, 0.25) is 0 Å². The van der Waals surface area contributed by atoms with Crippen molar-refractivity contribution < 1.29 is 14.3 Å². The summed E-state index contributed by atoms with van der Waals surface area (Å²) in [7, 11) is 0. The molecule has 128 valence electrons. The fraction of sp³-hybridized carbons (Fsp3) is 0.412. The minimum atomic E-state index is -0.259. The van der Waals surface area contributed by atoms with Gasteiger partial charge in [0.15, 0.2) is 0 Å². The lowest BCUT2D eigenvalue weighted by molar-refractivity contribution is -0.149. The number of ether oxygens (including phenoxy) is 1. The first-order chi connectivity index (χ1) is 11.5. The van der Waals surface area contributed by atoms with Gasteiger partial charge in [0, 0.05) is 28.2 Å². The van der Waals surface area contributed by atoms with E-state index in [1.165, 1.54) is 11.3 Å². The Labute approximate surface area is 154 Å². The van der Waals surface area contributed by atoms with Crippen LogP contribution >= 0.6 is 34.5 Å². The number of likely N-dealkylation sites (tertiary alicyclic amines) is 1. The van der Waals surface area contributed by atoms with Gasteiger partial charge in [0.05, 0.1) is 17.5 Å². The van der Waals surface area contributed by atoms with E-state index in [1.807, 2.05) is 12.1 Å². The van der Waals surface area contributed by atoms with E-state index in [9.17, 15) is 9.59 Å². The quantitative estimate of drug-likeness (QED) is 0.723. The summed E-state index contributed by atoms with van der Waals surface area (Å²) in [6, 6.07) is 5.39. The number of nitrogens with zero attached hydrogens (tertiary/aromatic N) is 1. The molecule has 0 saturated carbocycles. The first kappa shape index (κ1) is 17.5. The lowest BCUT2D eigenvalue weighted by atomic mass is 9.98. The Morgan fingerprint density at radius 3 is 2.92 bits per heavy atom. The van der Waals surface area contributed by atoms with Crippen LogP contribution in [0.25, 0.3) is 10.1 Å². The Morgan fingerprint density at radius 2 is 2.17 bits per heavy atom. The van der Waals surface area contributed by atoms with Gasteiger partial charge in [0.1, 0.15) is 4.88 Å². The minimum absolute atomic E-state index is 0.133. The second-order valence-electron chi connectivity index (χ2n) is 5.73. The number of amides is 1. The van der Waals surface area contributed by atoms with Gasteiger partial charge < -0.3 is 9.64 Å². The van der Waals surface area contributed by atoms with E-state index in [1.54, 1.807) is 17.9 Å². The molecule has 4 nitrogen and oxygen atoms in total. The summed E-state index contributed by atoms with van der Waals surface area (Å²) in [5, 5.41) is 1.89. The molecule has 1 aromatic heterocycles. The number of thiophene rings is 1. The number of benzene rings is 1. The number of halogens is 2. The molecule has 7 heteroatoms. The van der Waals surface area contributed by atoms with E-state index in [2.05, 4.69) is 0 Å². The predicted octanol–water partition coefficient (Wildman–Crippen LogP) is 4.62. The maximum Gasteiger partial charge on any atom is 0.310 e.